The van der Waals surface area contributed by atoms with E-state index >= 15 is 0 Å². The minimum atomic E-state index is -0.559. The van der Waals surface area contributed by atoms with Crippen molar-refractivity contribution in [2.24, 2.45) is 5.41 Å². The maximum atomic E-state index is 12.1. The number of carbonyl (C=O) groups excluding carboxylic acids is 1. The summed E-state index contributed by atoms with van der Waals surface area (Å²) in [5.74, 6) is 0.259. The van der Waals surface area contributed by atoms with Gasteiger partial charge in [-0.15, -0.1) is 22.9 Å². The van der Waals surface area contributed by atoms with Gasteiger partial charge in [0.05, 0.1) is 11.1 Å². The molecule has 3 rings (SSSR count). The van der Waals surface area contributed by atoms with Crippen molar-refractivity contribution in [2.75, 3.05) is 5.88 Å². The van der Waals surface area contributed by atoms with Gasteiger partial charge in [-0.3, -0.25) is 4.79 Å². The number of amides is 1. The van der Waals surface area contributed by atoms with E-state index in [9.17, 15) is 4.79 Å². The van der Waals surface area contributed by atoms with Crippen LogP contribution in [0.2, 0.25) is 0 Å². The van der Waals surface area contributed by atoms with Crippen LogP contribution in [0.5, 0.6) is 0 Å². The van der Waals surface area contributed by atoms with Crippen LogP contribution in [-0.2, 0) is 11.3 Å². The highest BCUT2D eigenvalue weighted by molar-refractivity contribution is 7.13. The van der Waals surface area contributed by atoms with Crippen molar-refractivity contribution in [3.05, 3.63) is 65.5 Å². The second-order valence-electron chi connectivity index (χ2n) is 6.80. The molecule has 1 heterocycles. The number of rotatable bonds is 6. The number of alkyl halides is 1. The molecule has 0 radical (unpaired) electrons. The quantitative estimate of drug-likeness (QED) is 0.581. The van der Waals surface area contributed by atoms with Gasteiger partial charge in [-0.05, 0) is 19.4 Å². The summed E-state index contributed by atoms with van der Waals surface area (Å²) in [4.78, 5) is 16.8. The van der Waals surface area contributed by atoms with Crippen LogP contribution in [0.1, 0.15) is 19.4 Å². The van der Waals surface area contributed by atoms with Gasteiger partial charge in [-0.1, -0.05) is 54.6 Å². The van der Waals surface area contributed by atoms with Crippen molar-refractivity contribution >= 4 is 28.8 Å². The van der Waals surface area contributed by atoms with Crippen molar-refractivity contribution in [3.63, 3.8) is 0 Å². The van der Waals surface area contributed by atoms with Crippen LogP contribution in [0.3, 0.4) is 0 Å². The number of halogens is 1. The lowest BCUT2D eigenvalue weighted by Crippen LogP contribution is -2.37. The van der Waals surface area contributed by atoms with E-state index in [0.717, 1.165) is 27.4 Å². The number of hydrogen-bond donors (Lipinski definition) is 1. The highest BCUT2D eigenvalue weighted by atomic mass is 35.5. The second-order valence-corrected chi connectivity index (χ2v) is 7.93. The lowest BCUT2D eigenvalue weighted by molar-refractivity contribution is -0.128. The molecule has 0 fully saturated rings. The Bertz CT molecular complexity index is 873. The first-order chi connectivity index (χ1) is 12.5. The van der Waals surface area contributed by atoms with Crippen LogP contribution in [-0.4, -0.2) is 16.8 Å². The summed E-state index contributed by atoms with van der Waals surface area (Å²) in [6.45, 7) is 4.17. The standard InChI is InChI=1S/C21H21ClN2OS/c1-21(2,14-22)20(25)23-12-15-8-10-17(11-9-15)19-24-18(13-26-19)16-6-4-3-5-7-16/h3-11,13H,12,14H2,1-2H3,(H,23,25). The van der Waals surface area contributed by atoms with Gasteiger partial charge in [0.2, 0.25) is 5.91 Å². The molecule has 1 amide bonds. The number of nitrogens with zero attached hydrogens (tertiary/aromatic N) is 1. The zero-order valence-electron chi connectivity index (χ0n) is 14.8. The number of thiazole rings is 1. The first-order valence-corrected chi connectivity index (χ1v) is 9.85. The Labute approximate surface area is 163 Å². The average molecular weight is 385 g/mol. The maximum absolute atomic E-state index is 12.1. The van der Waals surface area contributed by atoms with Crippen molar-refractivity contribution in [1.29, 1.82) is 0 Å². The maximum Gasteiger partial charge on any atom is 0.227 e. The molecule has 0 saturated carbocycles. The Morgan fingerprint density at radius 3 is 2.42 bits per heavy atom. The normalized spacial score (nSPS) is 11.3. The van der Waals surface area contributed by atoms with Crippen molar-refractivity contribution in [3.8, 4) is 21.8 Å². The van der Waals surface area contributed by atoms with E-state index in [4.69, 9.17) is 16.6 Å². The fraction of sp³-hybridized carbons (Fsp3) is 0.238. The summed E-state index contributed by atoms with van der Waals surface area (Å²) in [5.41, 5.74) is 3.68. The lowest BCUT2D eigenvalue weighted by Gasteiger charge is -2.20. The van der Waals surface area contributed by atoms with Gasteiger partial charge in [0, 0.05) is 28.9 Å². The van der Waals surface area contributed by atoms with E-state index < -0.39 is 5.41 Å². The predicted octanol–water partition coefficient (Wildman–Crippen LogP) is 5.36. The molecule has 0 aliphatic heterocycles. The fourth-order valence-electron chi connectivity index (χ4n) is 2.40. The van der Waals surface area contributed by atoms with Gasteiger partial charge in [-0.25, -0.2) is 4.98 Å². The van der Waals surface area contributed by atoms with Crippen LogP contribution in [0.25, 0.3) is 21.8 Å². The van der Waals surface area contributed by atoms with E-state index in [1.807, 2.05) is 56.3 Å². The van der Waals surface area contributed by atoms with E-state index in [0.29, 0.717) is 12.4 Å². The van der Waals surface area contributed by atoms with Crippen molar-refractivity contribution in [2.45, 2.75) is 20.4 Å². The first-order valence-electron chi connectivity index (χ1n) is 8.44. The molecule has 0 unspecified atom stereocenters. The number of hydrogen-bond acceptors (Lipinski definition) is 3. The minimum absolute atomic E-state index is 0.0380. The highest BCUT2D eigenvalue weighted by Gasteiger charge is 2.25. The molecule has 0 aliphatic carbocycles. The van der Waals surface area contributed by atoms with Crippen LogP contribution in [0.4, 0.5) is 0 Å². The summed E-state index contributed by atoms with van der Waals surface area (Å²) in [7, 11) is 0. The number of aromatic nitrogens is 1. The van der Waals surface area contributed by atoms with E-state index in [1.165, 1.54) is 0 Å². The summed E-state index contributed by atoms with van der Waals surface area (Å²) < 4.78 is 0. The Hall–Kier alpha value is -2.17. The molecule has 1 aromatic heterocycles. The molecule has 0 bridgehead atoms. The first kappa shape index (κ1) is 18.6. The topological polar surface area (TPSA) is 42.0 Å². The van der Waals surface area contributed by atoms with E-state index in [1.54, 1.807) is 11.3 Å². The van der Waals surface area contributed by atoms with Crippen LogP contribution < -0.4 is 5.32 Å². The Kier molecular flexibility index (Phi) is 5.74. The Morgan fingerprint density at radius 1 is 1.08 bits per heavy atom. The molecule has 26 heavy (non-hydrogen) atoms. The third-order valence-electron chi connectivity index (χ3n) is 4.18. The number of carbonyl (C=O) groups is 1. The van der Waals surface area contributed by atoms with Crippen LogP contribution in [0.15, 0.2) is 60.0 Å². The van der Waals surface area contributed by atoms with Crippen molar-refractivity contribution in [1.82, 2.24) is 10.3 Å². The highest BCUT2D eigenvalue weighted by Crippen LogP contribution is 2.29. The summed E-state index contributed by atoms with van der Waals surface area (Å²) in [6.07, 6.45) is 0. The fourth-order valence-corrected chi connectivity index (χ4v) is 3.35. The molecule has 2 aromatic carbocycles. The molecule has 1 N–H and O–H groups in total. The van der Waals surface area contributed by atoms with Gasteiger partial charge in [0.15, 0.2) is 0 Å². The second kappa shape index (κ2) is 8.02. The third kappa shape index (κ3) is 4.32. The van der Waals surface area contributed by atoms with Crippen LogP contribution in [0, 0.1) is 5.41 Å². The SMILES string of the molecule is CC(C)(CCl)C(=O)NCc1ccc(-c2nc(-c3ccccc3)cs2)cc1. The van der Waals surface area contributed by atoms with E-state index in [2.05, 4.69) is 22.8 Å². The molecule has 3 nitrogen and oxygen atoms in total. The molecule has 5 heteroatoms. The molecule has 0 spiro atoms. The predicted molar refractivity (Wildman–Crippen MR) is 109 cm³/mol. The van der Waals surface area contributed by atoms with Gasteiger partial charge in [0.25, 0.3) is 0 Å². The van der Waals surface area contributed by atoms with Crippen molar-refractivity contribution < 1.29 is 4.79 Å². The minimum Gasteiger partial charge on any atom is -0.352 e. The van der Waals surface area contributed by atoms with E-state index in [-0.39, 0.29) is 5.91 Å². The average Bonchev–Trinajstić information content (AvgIpc) is 3.17. The van der Waals surface area contributed by atoms with Gasteiger partial charge in [0.1, 0.15) is 5.01 Å². The monoisotopic (exact) mass is 384 g/mol. The number of nitrogens with one attached hydrogen (secondary N) is 1. The molecule has 3 aromatic rings. The van der Waals surface area contributed by atoms with Gasteiger partial charge >= 0.3 is 0 Å². The molecule has 134 valence electrons. The smallest absolute Gasteiger partial charge is 0.227 e. The molecular weight excluding hydrogens is 364 g/mol. The molecule has 0 atom stereocenters. The zero-order chi connectivity index (χ0) is 18.6. The summed E-state index contributed by atoms with van der Waals surface area (Å²) in [6, 6.07) is 18.3. The Morgan fingerprint density at radius 2 is 1.77 bits per heavy atom. The largest absolute Gasteiger partial charge is 0.352 e. The van der Waals surface area contributed by atoms with Gasteiger partial charge in [-0.2, -0.15) is 0 Å². The third-order valence-corrected chi connectivity index (χ3v) is 5.74. The summed E-state index contributed by atoms with van der Waals surface area (Å²) >= 11 is 7.47. The molecule has 0 aliphatic rings. The molecule has 0 saturated heterocycles. The Balaban J connectivity index is 1.67. The number of benzene rings is 2. The van der Waals surface area contributed by atoms with Crippen LogP contribution >= 0.6 is 22.9 Å². The summed E-state index contributed by atoms with van der Waals surface area (Å²) in [5, 5.41) is 6.00. The molecular formula is C21H21ClN2OS. The lowest BCUT2D eigenvalue weighted by atomic mass is 9.95. The van der Waals surface area contributed by atoms with Gasteiger partial charge < -0.3 is 5.32 Å². The zero-order valence-corrected chi connectivity index (χ0v) is 16.4.